The minimum Gasteiger partial charge on any atom is -0.489 e. The van der Waals surface area contributed by atoms with Crippen LogP contribution in [-0.2, 0) is 4.57 Å². The number of aromatic nitrogens is 4. The van der Waals surface area contributed by atoms with Gasteiger partial charge in [0.25, 0.3) is 0 Å². The lowest BCUT2D eigenvalue weighted by Gasteiger charge is -2.45. The van der Waals surface area contributed by atoms with Crippen LogP contribution in [0.5, 0.6) is 5.75 Å². The molecule has 4 aromatic rings. The average molecular weight is 609 g/mol. The molecule has 10 nitrogen and oxygen atoms in total. The van der Waals surface area contributed by atoms with Crippen LogP contribution in [0.25, 0.3) is 11.0 Å². The van der Waals surface area contributed by atoms with Gasteiger partial charge in [0, 0.05) is 50.0 Å². The first kappa shape index (κ1) is 26.0. The van der Waals surface area contributed by atoms with Crippen LogP contribution in [0.2, 0.25) is 0 Å². The van der Waals surface area contributed by atoms with Crippen LogP contribution in [0.4, 0.5) is 28.8 Å². The summed E-state index contributed by atoms with van der Waals surface area (Å²) in [6.45, 7) is 10.5. The van der Waals surface area contributed by atoms with Crippen molar-refractivity contribution in [3.63, 3.8) is 0 Å². The quantitative estimate of drug-likeness (QED) is 0.296. The number of ether oxygens (including phenoxy) is 1. The molecule has 1 fully saturated rings. The number of anilines is 5. The van der Waals surface area contributed by atoms with Crippen molar-refractivity contribution in [2.75, 3.05) is 61.6 Å². The van der Waals surface area contributed by atoms with E-state index >= 15 is 0 Å². The largest absolute Gasteiger partial charge is 0.489 e. The van der Waals surface area contributed by atoms with E-state index in [0.29, 0.717) is 50.9 Å². The Hall–Kier alpha value is -3.27. The van der Waals surface area contributed by atoms with E-state index in [1.807, 2.05) is 24.3 Å². The van der Waals surface area contributed by atoms with Crippen molar-refractivity contribution in [2.45, 2.75) is 13.0 Å². The molecule has 0 unspecified atom stereocenters. The maximum absolute atomic E-state index is 13.3. The zero-order chi connectivity index (χ0) is 27.1. The zero-order valence-electron chi connectivity index (χ0n) is 22.1. The smallest absolute Gasteiger partial charge is 0.229 e. The zero-order valence-corrected chi connectivity index (χ0v) is 24.5. The molecule has 0 spiro atoms. The van der Waals surface area contributed by atoms with E-state index in [1.54, 1.807) is 31.9 Å². The second kappa shape index (κ2) is 10.4. The number of hydrogen-bond donors (Lipinski definition) is 2. The molecule has 1 saturated heterocycles. The molecule has 2 aliphatic rings. The van der Waals surface area contributed by atoms with Gasteiger partial charge in [-0.15, -0.1) is 0 Å². The van der Waals surface area contributed by atoms with Gasteiger partial charge in [-0.2, -0.15) is 4.98 Å². The first-order valence-corrected chi connectivity index (χ1v) is 16.3. The van der Waals surface area contributed by atoms with E-state index in [4.69, 9.17) is 9.72 Å². The van der Waals surface area contributed by atoms with Crippen molar-refractivity contribution in [3.05, 3.63) is 53.4 Å². The minimum absolute atomic E-state index is 0.376. The van der Waals surface area contributed by atoms with E-state index in [9.17, 15) is 4.57 Å². The third kappa shape index (κ3) is 5.18. The lowest BCUT2D eigenvalue weighted by Crippen LogP contribution is -2.57. The number of nitrogens with one attached hydrogen (secondary N) is 2. The van der Waals surface area contributed by atoms with E-state index in [1.165, 1.54) is 0 Å². The summed E-state index contributed by atoms with van der Waals surface area (Å²) in [6, 6.07) is 10.2. The van der Waals surface area contributed by atoms with Gasteiger partial charge in [0.05, 0.1) is 32.7 Å². The molecule has 0 saturated carbocycles. The number of benzene rings is 2. The average Bonchev–Trinajstić information content (AvgIpc) is 2.93. The predicted octanol–water partition coefficient (Wildman–Crippen LogP) is 4.82. The Kier molecular flexibility index (Phi) is 6.91. The van der Waals surface area contributed by atoms with E-state index in [0.717, 1.165) is 43.3 Å². The van der Waals surface area contributed by atoms with Crippen LogP contribution in [0.15, 0.2) is 53.4 Å². The summed E-state index contributed by atoms with van der Waals surface area (Å²) in [4.78, 5) is 22.9. The fourth-order valence-corrected chi connectivity index (χ4v) is 6.92. The van der Waals surface area contributed by atoms with E-state index < -0.39 is 7.14 Å². The minimum atomic E-state index is -2.71. The molecule has 4 heterocycles. The Balaban J connectivity index is 1.26. The second-order valence-corrected chi connectivity index (χ2v) is 14.1. The molecule has 202 valence electrons. The Bertz CT molecular complexity index is 1600. The lowest BCUT2D eigenvalue weighted by atomic mass is 10.1. The molecule has 0 bridgehead atoms. The van der Waals surface area contributed by atoms with Gasteiger partial charge in [0.1, 0.15) is 30.8 Å². The molecule has 1 atom stereocenters. The van der Waals surface area contributed by atoms with Gasteiger partial charge in [-0.05, 0) is 60.1 Å². The highest BCUT2D eigenvalue weighted by Gasteiger charge is 2.32. The van der Waals surface area contributed by atoms with E-state index in [2.05, 4.69) is 64.3 Å². The molecule has 2 N–H and O–H groups in total. The number of likely N-dealkylation sites (N-methyl/N-ethyl adjacent to an activating group) is 1. The Morgan fingerprint density at radius 1 is 1.10 bits per heavy atom. The summed E-state index contributed by atoms with van der Waals surface area (Å²) in [5.41, 5.74) is 3.94. The number of fused-ring (bicyclic) bond motifs is 4. The molecular formula is C27H30BrN8O2P. The maximum atomic E-state index is 13.3. The lowest BCUT2D eigenvalue weighted by molar-refractivity contribution is 0.172. The van der Waals surface area contributed by atoms with Crippen molar-refractivity contribution in [1.29, 1.82) is 0 Å². The fraction of sp³-hybridized carbons (Fsp3) is 0.333. The van der Waals surface area contributed by atoms with Crippen LogP contribution < -0.4 is 25.6 Å². The Morgan fingerprint density at radius 3 is 2.77 bits per heavy atom. The Labute approximate surface area is 235 Å². The molecule has 2 aromatic carbocycles. The van der Waals surface area contributed by atoms with Crippen LogP contribution in [-0.4, -0.2) is 77.0 Å². The summed E-state index contributed by atoms with van der Waals surface area (Å²) in [5.74, 6) is 1.82. The third-order valence-electron chi connectivity index (χ3n) is 7.12. The molecule has 12 heteroatoms. The Morgan fingerprint density at radius 2 is 1.95 bits per heavy atom. The van der Waals surface area contributed by atoms with Gasteiger partial charge in [-0.25, -0.2) is 4.98 Å². The SMILES string of the molecule is CCN1CCN2c3ccc(Nc4ncc(Br)c(Nc5ccc6nccnc6c5P(C)(C)=O)n4)cc3OC[C@@H]2C1. The van der Waals surface area contributed by atoms with Crippen molar-refractivity contribution in [1.82, 2.24) is 24.8 Å². The highest BCUT2D eigenvalue weighted by molar-refractivity contribution is 9.10. The molecule has 0 radical (unpaired) electrons. The van der Waals surface area contributed by atoms with Gasteiger partial charge in [-0.1, -0.05) is 6.92 Å². The van der Waals surface area contributed by atoms with Crippen LogP contribution >= 0.6 is 23.1 Å². The van der Waals surface area contributed by atoms with Gasteiger partial charge < -0.3 is 24.8 Å². The molecule has 6 rings (SSSR count). The van der Waals surface area contributed by atoms with Crippen molar-refractivity contribution < 1.29 is 9.30 Å². The van der Waals surface area contributed by atoms with Gasteiger partial charge in [0.2, 0.25) is 5.95 Å². The van der Waals surface area contributed by atoms with Crippen molar-refractivity contribution >= 4 is 68.2 Å². The summed E-state index contributed by atoms with van der Waals surface area (Å²) in [5, 5.41) is 7.28. The maximum Gasteiger partial charge on any atom is 0.229 e. The monoisotopic (exact) mass is 608 g/mol. The van der Waals surface area contributed by atoms with Gasteiger partial charge in [0.15, 0.2) is 0 Å². The number of rotatable bonds is 6. The first-order chi connectivity index (χ1) is 18.8. The normalized spacial score (nSPS) is 17.3. The molecule has 39 heavy (non-hydrogen) atoms. The molecular weight excluding hydrogens is 579 g/mol. The fourth-order valence-electron chi connectivity index (χ4n) is 5.24. The van der Waals surface area contributed by atoms with Crippen molar-refractivity contribution in [2.24, 2.45) is 0 Å². The van der Waals surface area contributed by atoms with Crippen LogP contribution in [0.1, 0.15) is 6.92 Å². The summed E-state index contributed by atoms with van der Waals surface area (Å²) >= 11 is 3.55. The van der Waals surface area contributed by atoms with Crippen molar-refractivity contribution in [3.8, 4) is 5.75 Å². The van der Waals surface area contributed by atoms with E-state index in [-0.39, 0.29) is 0 Å². The predicted molar refractivity (Wildman–Crippen MR) is 160 cm³/mol. The highest BCUT2D eigenvalue weighted by Crippen LogP contribution is 2.41. The number of nitrogens with zero attached hydrogens (tertiary/aromatic N) is 6. The second-order valence-electron chi connectivity index (χ2n) is 10.1. The van der Waals surface area contributed by atoms with Crippen LogP contribution in [0.3, 0.4) is 0 Å². The summed E-state index contributed by atoms with van der Waals surface area (Å²) < 4.78 is 20.1. The molecule has 2 aromatic heterocycles. The topological polar surface area (TPSA) is 108 Å². The summed E-state index contributed by atoms with van der Waals surface area (Å²) in [6.07, 6.45) is 4.93. The number of halogens is 1. The third-order valence-corrected chi connectivity index (χ3v) is 9.23. The standard InChI is InChI=1S/C27H30BrN8O2P/c1-4-35-11-12-36-18(15-35)16-38-23-13-17(5-8-22(23)36)32-27-31-14-19(28)26(34-27)33-21-7-6-20-24(30-10-9-29-20)25(21)39(2,3)37/h5-10,13-14,18H,4,11-12,15-16H2,1-3H3,(H2,31,32,33,34)/t18-/m0/s1. The summed E-state index contributed by atoms with van der Waals surface area (Å²) in [7, 11) is -2.71. The molecule has 0 amide bonds. The van der Waals surface area contributed by atoms with Gasteiger partial charge in [-0.3, -0.25) is 14.9 Å². The molecule has 0 aliphatic carbocycles. The van der Waals surface area contributed by atoms with Gasteiger partial charge >= 0.3 is 0 Å². The highest BCUT2D eigenvalue weighted by atomic mass is 79.9. The first-order valence-electron chi connectivity index (χ1n) is 12.9. The number of piperazine rings is 1. The molecule has 2 aliphatic heterocycles. The van der Waals surface area contributed by atoms with Crippen LogP contribution in [0, 0.1) is 0 Å². The number of hydrogen-bond acceptors (Lipinski definition) is 10.